The van der Waals surface area contributed by atoms with Crippen molar-refractivity contribution in [2.45, 2.75) is 6.92 Å². The van der Waals surface area contributed by atoms with E-state index in [2.05, 4.69) is 20.3 Å². The van der Waals surface area contributed by atoms with Gasteiger partial charge in [-0.1, -0.05) is 12.1 Å². The molecule has 0 amide bonds. The molecule has 0 aliphatic carbocycles. The smallest absolute Gasteiger partial charge is 0.328 e. The van der Waals surface area contributed by atoms with Crippen molar-refractivity contribution in [1.29, 1.82) is 0 Å². The molecule has 0 saturated heterocycles. The molecule has 0 spiro atoms. The van der Waals surface area contributed by atoms with Crippen LogP contribution < -0.4 is 14.8 Å². The lowest BCUT2D eigenvalue weighted by atomic mass is 10.3. The molecule has 1 aromatic carbocycles. The normalized spacial score (nSPS) is 10.1. The lowest BCUT2D eigenvalue weighted by Crippen LogP contribution is -2.02. The number of rotatable bonds is 5. The van der Waals surface area contributed by atoms with Gasteiger partial charge in [0.25, 0.3) is 0 Å². The molecule has 0 radical (unpaired) electrons. The third-order valence-electron chi connectivity index (χ3n) is 2.16. The first-order chi connectivity index (χ1) is 9.22. The van der Waals surface area contributed by atoms with E-state index >= 15 is 0 Å². The Labute approximate surface area is 115 Å². The van der Waals surface area contributed by atoms with Crippen molar-refractivity contribution in [3.63, 3.8) is 0 Å². The van der Waals surface area contributed by atoms with E-state index in [-0.39, 0.29) is 11.3 Å². The maximum atomic E-state index is 5.78. The summed E-state index contributed by atoms with van der Waals surface area (Å²) in [6, 6.07) is 7.37. The highest BCUT2D eigenvalue weighted by Gasteiger charge is 2.09. The van der Waals surface area contributed by atoms with Crippen LogP contribution in [0.25, 0.3) is 0 Å². The van der Waals surface area contributed by atoms with Crippen LogP contribution in [0.15, 0.2) is 24.3 Å². The minimum absolute atomic E-state index is 0.0586. The van der Waals surface area contributed by atoms with Crippen molar-refractivity contribution in [3.8, 4) is 17.5 Å². The predicted molar refractivity (Wildman–Crippen MR) is 72.1 cm³/mol. The average molecular weight is 281 g/mol. The van der Waals surface area contributed by atoms with Gasteiger partial charge in [0, 0.05) is 7.05 Å². The van der Waals surface area contributed by atoms with E-state index in [1.165, 1.54) is 0 Å². The number of halogens is 1. The number of hydrogen-bond donors (Lipinski definition) is 1. The largest absolute Gasteiger partial charge is 0.490 e. The molecule has 0 unspecified atom stereocenters. The molecule has 0 aliphatic heterocycles. The molecule has 19 heavy (non-hydrogen) atoms. The minimum Gasteiger partial charge on any atom is -0.490 e. The fraction of sp³-hybridized carbons (Fsp3) is 0.250. The van der Waals surface area contributed by atoms with Gasteiger partial charge in [-0.2, -0.15) is 15.0 Å². The van der Waals surface area contributed by atoms with Crippen LogP contribution >= 0.6 is 11.6 Å². The van der Waals surface area contributed by atoms with E-state index in [1.807, 2.05) is 19.1 Å². The molecule has 2 rings (SSSR count). The van der Waals surface area contributed by atoms with Gasteiger partial charge in [0.15, 0.2) is 11.5 Å². The van der Waals surface area contributed by atoms with E-state index in [0.29, 0.717) is 24.1 Å². The molecule has 1 heterocycles. The van der Waals surface area contributed by atoms with Gasteiger partial charge < -0.3 is 14.8 Å². The number of ether oxygens (including phenoxy) is 2. The molecule has 0 atom stereocenters. The summed E-state index contributed by atoms with van der Waals surface area (Å²) >= 11 is 5.78. The fourth-order valence-corrected chi connectivity index (χ4v) is 1.55. The summed E-state index contributed by atoms with van der Waals surface area (Å²) in [5.74, 6) is 1.48. The Morgan fingerprint density at radius 2 is 1.89 bits per heavy atom. The van der Waals surface area contributed by atoms with Crippen molar-refractivity contribution >= 4 is 17.5 Å². The Bertz CT molecular complexity index is 565. The van der Waals surface area contributed by atoms with Crippen LogP contribution in [0.5, 0.6) is 17.5 Å². The molecular weight excluding hydrogens is 268 g/mol. The second-order valence-corrected chi connectivity index (χ2v) is 3.78. The van der Waals surface area contributed by atoms with Crippen LogP contribution in [0.1, 0.15) is 6.92 Å². The maximum absolute atomic E-state index is 5.78. The third-order valence-corrected chi connectivity index (χ3v) is 2.33. The van der Waals surface area contributed by atoms with Crippen LogP contribution in [0.4, 0.5) is 5.95 Å². The molecule has 0 bridgehead atoms. The molecule has 1 N–H and O–H groups in total. The summed E-state index contributed by atoms with van der Waals surface area (Å²) in [4.78, 5) is 11.8. The molecule has 7 heteroatoms. The zero-order chi connectivity index (χ0) is 13.7. The molecule has 0 saturated carbocycles. The molecule has 100 valence electrons. The van der Waals surface area contributed by atoms with Gasteiger partial charge in [-0.15, -0.1) is 0 Å². The zero-order valence-corrected chi connectivity index (χ0v) is 11.3. The van der Waals surface area contributed by atoms with Crippen LogP contribution in [-0.4, -0.2) is 28.6 Å². The highest BCUT2D eigenvalue weighted by Crippen LogP contribution is 2.30. The Balaban J connectivity index is 2.28. The lowest BCUT2D eigenvalue weighted by molar-refractivity contribution is 0.317. The lowest BCUT2D eigenvalue weighted by Gasteiger charge is -2.10. The van der Waals surface area contributed by atoms with Crippen molar-refractivity contribution in [2.75, 3.05) is 19.0 Å². The third kappa shape index (κ3) is 3.45. The number of nitrogens with zero attached hydrogens (tertiary/aromatic N) is 3. The molecule has 6 nitrogen and oxygen atoms in total. The standard InChI is InChI=1S/C12H13ClN4O2/c1-3-18-8-6-4-5-7-9(8)19-12-16-10(13)15-11(14-2)17-12/h4-7H,3H2,1-2H3,(H,14,15,16,17). The monoisotopic (exact) mass is 280 g/mol. The quantitative estimate of drug-likeness (QED) is 0.908. The van der Waals surface area contributed by atoms with E-state index in [4.69, 9.17) is 21.1 Å². The highest BCUT2D eigenvalue weighted by molar-refractivity contribution is 6.28. The van der Waals surface area contributed by atoms with Gasteiger partial charge in [-0.05, 0) is 30.7 Å². The summed E-state index contributed by atoms with van der Waals surface area (Å²) in [7, 11) is 1.68. The Morgan fingerprint density at radius 3 is 2.58 bits per heavy atom. The van der Waals surface area contributed by atoms with Crippen LogP contribution in [-0.2, 0) is 0 Å². The summed E-state index contributed by atoms with van der Waals surface area (Å²) in [6.07, 6.45) is 0. The highest BCUT2D eigenvalue weighted by atomic mass is 35.5. The van der Waals surface area contributed by atoms with E-state index in [1.54, 1.807) is 19.2 Å². The van der Waals surface area contributed by atoms with Gasteiger partial charge >= 0.3 is 6.01 Å². The van der Waals surface area contributed by atoms with Crippen molar-refractivity contribution in [2.24, 2.45) is 0 Å². The summed E-state index contributed by atoms with van der Waals surface area (Å²) in [6.45, 7) is 2.44. The first-order valence-electron chi connectivity index (χ1n) is 5.72. The van der Waals surface area contributed by atoms with E-state index < -0.39 is 0 Å². The summed E-state index contributed by atoms with van der Waals surface area (Å²) < 4.78 is 11.0. The number of benzene rings is 1. The minimum atomic E-state index is 0.0586. The SMILES string of the molecule is CCOc1ccccc1Oc1nc(Cl)nc(NC)n1. The molecule has 2 aromatic rings. The topological polar surface area (TPSA) is 69.2 Å². The Morgan fingerprint density at radius 1 is 1.16 bits per heavy atom. The first-order valence-corrected chi connectivity index (χ1v) is 6.09. The van der Waals surface area contributed by atoms with Crippen molar-refractivity contribution < 1.29 is 9.47 Å². The van der Waals surface area contributed by atoms with Gasteiger partial charge in [-0.3, -0.25) is 0 Å². The Hall–Kier alpha value is -2.08. The second-order valence-electron chi connectivity index (χ2n) is 3.44. The second kappa shape index (κ2) is 6.19. The zero-order valence-electron chi connectivity index (χ0n) is 10.6. The number of nitrogens with one attached hydrogen (secondary N) is 1. The van der Waals surface area contributed by atoms with Gasteiger partial charge in [0.05, 0.1) is 6.61 Å². The van der Waals surface area contributed by atoms with Crippen LogP contribution in [0.2, 0.25) is 5.28 Å². The predicted octanol–water partition coefficient (Wildman–Crippen LogP) is 2.76. The summed E-state index contributed by atoms with van der Waals surface area (Å²) in [5.41, 5.74) is 0. The van der Waals surface area contributed by atoms with Gasteiger partial charge in [-0.25, -0.2) is 0 Å². The molecule has 1 aromatic heterocycles. The molecular formula is C12H13ClN4O2. The Kier molecular flexibility index (Phi) is 4.35. The maximum Gasteiger partial charge on any atom is 0.328 e. The number of hydrogen-bond acceptors (Lipinski definition) is 6. The summed E-state index contributed by atoms with van der Waals surface area (Å²) in [5, 5.41) is 2.83. The van der Waals surface area contributed by atoms with Gasteiger partial charge in [0.1, 0.15) is 0 Å². The number of para-hydroxylation sites is 2. The molecule has 0 fully saturated rings. The first kappa shape index (κ1) is 13.4. The van der Waals surface area contributed by atoms with Gasteiger partial charge in [0.2, 0.25) is 11.2 Å². The van der Waals surface area contributed by atoms with Crippen LogP contribution in [0.3, 0.4) is 0 Å². The van der Waals surface area contributed by atoms with Crippen molar-refractivity contribution in [3.05, 3.63) is 29.5 Å². The van der Waals surface area contributed by atoms with Crippen molar-refractivity contribution in [1.82, 2.24) is 15.0 Å². The van der Waals surface area contributed by atoms with E-state index in [9.17, 15) is 0 Å². The van der Waals surface area contributed by atoms with E-state index in [0.717, 1.165) is 0 Å². The molecule has 0 aliphatic rings. The van der Waals surface area contributed by atoms with Crippen LogP contribution in [0, 0.1) is 0 Å². The number of anilines is 1. The fourth-order valence-electron chi connectivity index (χ4n) is 1.40. The average Bonchev–Trinajstić information content (AvgIpc) is 2.40. The number of aromatic nitrogens is 3.